The Bertz CT molecular complexity index is 4360. The first-order valence-electron chi connectivity index (χ1n) is 34.0. The highest BCUT2D eigenvalue weighted by Crippen LogP contribution is 2.55. The first-order chi connectivity index (χ1) is 44.6. The highest BCUT2D eigenvalue weighted by Gasteiger charge is 2.57. The van der Waals surface area contributed by atoms with Crippen LogP contribution in [-0.2, 0) is 58.0 Å². The molecule has 2 unspecified atom stereocenters. The van der Waals surface area contributed by atoms with Crippen LogP contribution in [0.15, 0.2) is 103 Å². The number of alkyl halides is 1. The van der Waals surface area contributed by atoms with Gasteiger partial charge < -0.3 is 30.0 Å². The van der Waals surface area contributed by atoms with Gasteiger partial charge in [-0.1, -0.05) is 176 Å². The number of carbonyl (C=O) groups is 4. The van der Waals surface area contributed by atoms with E-state index in [2.05, 4.69) is 120 Å². The van der Waals surface area contributed by atoms with Gasteiger partial charge in [-0.25, -0.2) is 9.59 Å². The smallest absolute Gasteiger partial charge is 0.336 e. The summed E-state index contributed by atoms with van der Waals surface area (Å²) in [7, 11) is 0. The van der Waals surface area contributed by atoms with Crippen LogP contribution in [0.4, 0.5) is 0 Å². The van der Waals surface area contributed by atoms with E-state index in [0.29, 0.717) is 42.1 Å². The van der Waals surface area contributed by atoms with Gasteiger partial charge in [-0.05, 0) is 164 Å². The second-order valence-corrected chi connectivity index (χ2v) is 27.5. The molecule has 92 heavy (non-hydrogen) atoms. The van der Waals surface area contributed by atoms with E-state index in [1.54, 1.807) is 24.3 Å². The van der Waals surface area contributed by atoms with E-state index in [1.165, 1.54) is 127 Å². The minimum absolute atomic E-state index is 0.0275. The maximum absolute atomic E-state index is 16.0. The van der Waals surface area contributed by atoms with E-state index in [-0.39, 0.29) is 55.1 Å². The minimum Gasteiger partial charge on any atom is -0.478 e. The van der Waals surface area contributed by atoms with Crippen molar-refractivity contribution in [3.63, 3.8) is 0 Å². The number of aromatic nitrogens is 2. The van der Waals surface area contributed by atoms with Gasteiger partial charge >= 0.3 is 11.9 Å². The molecule has 0 aliphatic heterocycles. The molecule has 11 rings (SSSR count). The highest BCUT2D eigenvalue weighted by atomic mass is 35.5. The molecule has 0 saturated heterocycles. The van der Waals surface area contributed by atoms with Gasteiger partial charge in [0.1, 0.15) is 5.92 Å². The summed E-state index contributed by atoms with van der Waals surface area (Å²) < 4.78 is 4.59. The zero-order valence-electron chi connectivity index (χ0n) is 53.7. The second kappa shape index (κ2) is 29.6. The van der Waals surface area contributed by atoms with Crippen LogP contribution in [-0.4, -0.2) is 56.2 Å². The number of carboxylic acid groups (broad SMARTS) is 2. The summed E-state index contributed by atoms with van der Waals surface area (Å²) in [4.78, 5) is 57.2. The number of carboxylic acids is 2. The number of benzene rings is 8. The normalized spacial score (nSPS) is 15.0. The van der Waals surface area contributed by atoms with E-state index in [0.717, 1.165) is 73.4 Å². The average molecular weight is 1320 g/mol. The molecule has 10 nitrogen and oxygen atoms in total. The number of halogens is 4. The van der Waals surface area contributed by atoms with Crippen molar-refractivity contribution in [3.05, 3.63) is 157 Å². The van der Waals surface area contributed by atoms with Gasteiger partial charge in [0.25, 0.3) is 0 Å². The number of hydrogen-bond donors (Lipinski definition) is 4. The Labute approximate surface area is 559 Å². The van der Waals surface area contributed by atoms with Crippen LogP contribution in [0, 0.1) is 5.92 Å². The van der Waals surface area contributed by atoms with Gasteiger partial charge in [-0.3, -0.25) is 9.59 Å². The molecule has 2 atom stereocenters. The van der Waals surface area contributed by atoms with Crippen molar-refractivity contribution in [2.45, 2.75) is 187 Å². The number of amides is 2. The van der Waals surface area contributed by atoms with Crippen LogP contribution in [0.1, 0.15) is 181 Å². The number of unbranched alkanes of at least 4 members (excludes halogenated alkanes) is 12. The van der Waals surface area contributed by atoms with E-state index in [4.69, 9.17) is 46.4 Å². The van der Waals surface area contributed by atoms with Gasteiger partial charge in [0, 0.05) is 117 Å². The highest BCUT2D eigenvalue weighted by molar-refractivity contribution is 6.50. The molecule has 1 aliphatic carbocycles. The lowest BCUT2D eigenvalue weighted by atomic mass is 9.69. The van der Waals surface area contributed by atoms with Crippen molar-refractivity contribution >= 4 is 152 Å². The van der Waals surface area contributed by atoms with Gasteiger partial charge in [-0.2, -0.15) is 0 Å². The fourth-order valence-electron chi connectivity index (χ4n) is 14.9. The molecule has 8 aromatic carbocycles. The third kappa shape index (κ3) is 13.1. The summed E-state index contributed by atoms with van der Waals surface area (Å²) >= 11 is 29.9. The average Bonchev–Trinajstić information content (AvgIpc) is 0.866. The number of aryl methyl sites for hydroxylation is 6. The van der Waals surface area contributed by atoms with Crippen molar-refractivity contribution in [3.8, 4) is 0 Å². The second-order valence-electron chi connectivity index (χ2n) is 25.7. The molecule has 10 aromatic rings. The largest absolute Gasteiger partial charge is 0.478 e. The molecule has 0 spiro atoms. The Morgan fingerprint density at radius 1 is 0.446 bits per heavy atom. The van der Waals surface area contributed by atoms with Crippen LogP contribution in [0.3, 0.4) is 0 Å². The van der Waals surface area contributed by atoms with Crippen molar-refractivity contribution in [2.24, 2.45) is 5.92 Å². The first kappa shape index (κ1) is 66.6. The Kier molecular flexibility index (Phi) is 21.5. The van der Waals surface area contributed by atoms with E-state index in [1.807, 2.05) is 0 Å². The summed E-state index contributed by atoms with van der Waals surface area (Å²) in [5, 5.41) is 35.4. The molecule has 2 aromatic heterocycles. The van der Waals surface area contributed by atoms with E-state index in [9.17, 15) is 19.8 Å². The number of aliphatic carboxylic acids is 1. The van der Waals surface area contributed by atoms with Gasteiger partial charge in [0.05, 0.1) is 11.1 Å². The molecule has 2 amide bonds. The standard InChI is InChI=1S/C78H86Cl4N4O6/c1-5-9-13-17-23-48-27-35-61-53(43-48)54-44-49(24-18-14-10-6-2)28-36-62(54)85(61)41-21-39-83-74(87)73-71(76(90)91)66-57(75(88)89)47-60(81)68-67-58(79)33-31-52-32-34-59(80)69(65(52)67)72(70(66)68)78(73,82)77(92)84-40-22-42-86-63-37-29-50(25-19-15-11-7-3)45-55(63)56-46-51(30-38-64(56)86)26-20-16-12-8-4/h27-38,43-47,73H,5-26,39-42H2,1-4H3,(H,83,87)(H,84,92)(H,88,89)(H,90,91). The van der Waals surface area contributed by atoms with Crippen LogP contribution in [0.5, 0.6) is 0 Å². The summed E-state index contributed by atoms with van der Waals surface area (Å²) in [5.41, 5.74) is 8.34. The van der Waals surface area contributed by atoms with Crippen LogP contribution in [0.25, 0.3) is 81.5 Å². The Balaban J connectivity index is 0.964. The molecule has 4 N–H and O–H groups in total. The number of nitrogens with zero attached hydrogens (tertiary/aromatic N) is 2. The van der Waals surface area contributed by atoms with Crippen LogP contribution in [0.2, 0.25) is 15.1 Å². The molecule has 0 fully saturated rings. The number of carbonyl (C=O) groups excluding carboxylic acids is 2. The fraction of sp³-hybridized carbons (Fsp3) is 0.410. The van der Waals surface area contributed by atoms with Gasteiger partial charge in [-0.15, -0.1) is 11.6 Å². The van der Waals surface area contributed by atoms with Crippen molar-refractivity contribution in [1.82, 2.24) is 19.8 Å². The monoisotopic (exact) mass is 1310 g/mol. The predicted octanol–water partition coefficient (Wildman–Crippen LogP) is 19.9. The van der Waals surface area contributed by atoms with Crippen LogP contribution >= 0.6 is 46.4 Å². The summed E-state index contributed by atoms with van der Waals surface area (Å²) in [6, 6.07) is 35.2. The first-order valence-corrected chi connectivity index (χ1v) is 35.5. The molecule has 2 heterocycles. The summed E-state index contributed by atoms with van der Waals surface area (Å²) in [6.07, 6.45) is 23.6. The fourth-order valence-corrected chi connectivity index (χ4v) is 16.1. The number of aromatic carboxylic acids is 1. The Hall–Kier alpha value is -6.82. The zero-order chi connectivity index (χ0) is 64.8. The maximum atomic E-state index is 16.0. The molecule has 0 saturated carbocycles. The predicted molar refractivity (Wildman–Crippen MR) is 384 cm³/mol. The molecule has 0 bridgehead atoms. The summed E-state index contributed by atoms with van der Waals surface area (Å²) in [5.74, 6) is -6.88. The molecular formula is C78H86Cl4N4O6. The lowest BCUT2D eigenvalue weighted by molar-refractivity contribution is -0.135. The van der Waals surface area contributed by atoms with Crippen molar-refractivity contribution < 1.29 is 29.4 Å². The lowest BCUT2D eigenvalue weighted by Gasteiger charge is -2.39. The SMILES string of the molecule is CCCCCCc1ccc2c(c1)c1cc(CCCCCC)ccc1n2CCCNC(=O)C1C(C(=O)O)=c2c(C(=O)O)cc(Cl)c3c2c(c2c(Cl)ccc4ccc(Cl)c3c42)C1(Cl)C(=O)NCCCn1c2ccc(CCCCCC)cc2c2cc(CCCCCC)ccc21. The lowest BCUT2D eigenvalue weighted by Crippen LogP contribution is -2.56. The Morgan fingerprint density at radius 2 is 0.848 bits per heavy atom. The maximum Gasteiger partial charge on any atom is 0.336 e. The Morgan fingerprint density at radius 3 is 1.25 bits per heavy atom. The third-order valence-electron chi connectivity index (χ3n) is 19.5. The molecule has 0 radical (unpaired) electrons. The molecule has 1 aliphatic rings. The molecular weight excluding hydrogens is 1230 g/mol. The van der Waals surface area contributed by atoms with Crippen molar-refractivity contribution in [2.75, 3.05) is 13.1 Å². The number of nitrogens with one attached hydrogen (secondary N) is 2. The quantitative estimate of drug-likeness (QED) is 0.0143. The number of hydrogen-bond acceptors (Lipinski definition) is 4. The van der Waals surface area contributed by atoms with E-state index >= 15 is 9.59 Å². The van der Waals surface area contributed by atoms with Crippen molar-refractivity contribution in [1.29, 1.82) is 0 Å². The summed E-state index contributed by atoms with van der Waals surface area (Å²) in [6.45, 7) is 10.0. The molecule has 482 valence electrons. The topological polar surface area (TPSA) is 143 Å². The third-order valence-corrected chi connectivity index (χ3v) is 21.0. The van der Waals surface area contributed by atoms with Gasteiger partial charge in [0.15, 0.2) is 4.87 Å². The van der Waals surface area contributed by atoms with E-state index < -0.39 is 45.7 Å². The van der Waals surface area contributed by atoms with Crippen LogP contribution < -0.4 is 15.9 Å². The molecule has 14 heteroatoms. The zero-order valence-corrected chi connectivity index (χ0v) is 56.7. The number of rotatable bonds is 32. The minimum atomic E-state index is -2.57. The van der Waals surface area contributed by atoms with Gasteiger partial charge in [0.2, 0.25) is 11.8 Å². The number of fused-ring (bicyclic) bond motifs is 8.